The van der Waals surface area contributed by atoms with Crippen molar-refractivity contribution < 1.29 is 104 Å². The number of benzene rings is 9. The van der Waals surface area contributed by atoms with Crippen LogP contribution in [0.5, 0.6) is 28.7 Å². The number of halogens is 6. The highest BCUT2D eigenvalue weighted by Gasteiger charge is 2.44. The van der Waals surface area contributed by atoms with Gasteiger partial charge >= 0.3 is 12.1 Å². The Balaban J connectivity index is 0.000000157. The van der Waals surface area contributed by atoms with Gasteiger partial charge in [-0.3, -0.25) is 33.9 Å². The molecule has 1 amide bonds. The number of non-ortho nitro benzene ring substituents is 1. The number of primary sulfonamides is 1. The number of para-hydroxylation sites is 1. The normalized spacial score (nSPS) is 13.5. The maximum Gasteiger partial charge on any atom is 0.603 e. The van der Waals surface area contributed by atoms with Gasteiger partial charge in [-0.15, -0.1) is 0 Å². The zero-order chi connectivity index (χ0) is 86.8. The number of sulfone groups is 1. The molecule has 5 N–H and O–H groups in total. The maximum atomic E-state index is 13.8. The maximum absolute atomic E-state index is 13.8. The largest absolute Gasteiger partial charge is 0.603 e. The van der Waals surface area contributed by atoms with Crippen LogP contribution in [-0.2, 0) is 74.1 Å². The minimum atomic E-state index is -3.76. The van der Waals surface area contributed by atoms with E-state index in [1.165, 1.54) is 83.4 Å². The van der Waals surface area contributed by atoms with E-state index in [1.807, 2.05) is 24.6 Å². The molecule has 14 rings (SSSR count). The van der Waals surface area contributed by atoms with Gasteiger partial charge in [0.1, 0.15) is 22.9 Å². The summed E-state index contributed by atoms with van der Waals surface area (Å²) in [5.74, 6) is -4.80. The molecule has 119 heavy (non-hydrogen) atoms. The summed E-state index contributed by atoms with van der Waals surface area (Å²) in [6.45, 7) is 5.29. The molecule has 1 aliphatic carbocycles. The summed E-state index contributed by atoms with van der Waals surface area (Å²) in [7, 11) is -12.4. The molecule has 0 atom stereocenters. The third-order valence-electron chi connectivity index (χ3n) is 17.4. The van der Waals surface area contributed by atoms with Gasteiger partial charge < -0.3 is 28.3 Å². The van der Waals surface area contributed by atoms with Crippen LogP contribution in [0, 0.1) is 40.3 Å². The van der Waals surface area contributed by atoms with E-state index < -0.39 is 85.8 Å². The van der Waals surface area contributed by atoms with Gasteiger partial charge in [0.25, 0.3) is 11.2 Å². The Bertz CT molecular complexity index is 6400. The number of Topliss-reactive ketones (excluding diaryl/α,β-unsaturated/α-hetero) is 1. The van der Waals surface area contributed by atoms with Crippen molar-refractivity contribution in [1.29, 1.82) is 0 Å². The first-order valence-electron chi connectivity index (χ1n) is 34.8. The molecule has 4 heterocycles. The quantitative estimate of drug-likeness (QED) is 0.0137. The molecule has 0 saturated heterocycles. The van der Waals surface area contributed by atoms with Crippen LogP contribution in [0.2, 0.25) is 10.0 Å². The van der Waals surface area contributed by atoms with Gasteiger partial charge in [0.15, 0.2) is 56.9 Å². The first kappa shape index (κ1) is 88.7. The first-order chi connectivity index (χ1) is 55.9. The molecular formula is C81H69Cl2F4N8O20S4+. The number of ketones is 2. The van der Waals surface area contributed by atoms with Crippen molar-refractivity contribution in [3.05, 3.63) is 322 Å². The standard InChI is InChI=1S/C19H16F2O5S.C18H16ClN3O2.C16H13F2NO4S.C15H12ClN2O4S.C13H12N2O5S/c1-19(2)16(11-4-7-13(8-5-11)27(3,23)24)17(18(22)26-19)25-12-6-9-14(20)15(21)10-12;1-11-9-15(10-14-7-8-16(23)21-20-14)22(2)17(11)18(24)12-3-5-13(19)6-4-12;1-24(21,22)19-13-6-9-2-4-14(20)11(9)8-16(13)23-15-5-3-10(17)7-12(15)18;16-11-3-5-12(6-4-11)18-14(9-22-15(18)19)10-1-7-13(8-2-10)23(17,20)21;1-21(18,19)14-12-8-7-10(15(16)17)9-13(12)20-11-5-3-2-4-6-11/h4-10H,1-3H3;3-9H,10H2,1-2H3,(H,21,23);3,5-8,19H,2,4H2,1H3;1-8H,9H2,(H2,17,20,21);2-9,14H,1H3/q;;;+1;. The number of hydrogen-bond acceptors (Lipinski definition) is 21. The van der Waals surface area contributed by atoms with Crippen LogP contribution in [0.3, 0.4) is 0 Å². The van der Waals surface area contributed by atoms with Crippen molar-refractivity contribution in [1.82, 2.24) is 14.8 Å². The van der Waals surface area contributed by atoms with Crippen LogP contribution in [0.4, 0.5) is 45.1 Å². The summed E-state index contributed by atoms with van der Waals surface area (Å²) in [5.41, 5.74) is 6.42. The molecule has 28 nitrogen and oxygen atoms in total. The minimum absolute atomic E-state index is 0.00475. The van der Waals surface area contributed by atoms with E-state index in [0.717, 1.165) is 60.0 Å². The molecule has 2 aromatic heterocycles. The lowest BCUT2D eigenvalue weighted by atomic mass is 9.92. The highest BCUT2D eigenvalue weighted by Crippen LogP contribution is 2.42. The number of carbonyl (C=O) groups excluding carboxylic acids is 4. The SMILES string of the molecule is CC1(C)OC(=O)C(Oc2ccc(F)c(F)c2)=C1c1ccc(S(C)(=O)=O)cc1.CS(=O)(=O)Nc1cc2c(cc1Oc1ccc(F)cc1F)C(=O)CC2.CS(=O)(=O)Nc1ccc([N+](=O)[O-])cc1Oc1ccccc1.Cc1cc(Cc2ccc(=O)[nH]n2)n(C)c1C(=O)c1ccc(Cl)cc1.NS(=O)(=O)c1ccc(C2=[N+](c3ccc(Cl)cc3)C(=O)OC2)cc1. The van der Waals surface area contributed by atoms with Crippen molar-refractivity contribution >= 4 is 121 Å². The van der Waals surface area contributed by atoms with Crippen LogP contribution in [0.25, 0.3) is 5.57 Å². The number of sulfonamides is 3. The molecule has 0 unspecified atom stereocenters. The third-order valence-corrected chi connectivity index (χ3v) is 21.1. The highest BCUT2D eigenvalue weighted by atomic mass is 35.5. The second kappa shape index (κ2) is 36.8. The molecule has 38 heteroatoms. The topological polar surface area (TPSA) is 398 Å². The Labute approximate surface area is 688 Å². The second-order valence-corrected chi connectivity index (χ2v) is 34.8. The van der Waals surface area contributed by atoms with Crippen LogP contribution in [-0.4, -0.2) is 118 Å². The van der Waals surface area contributed by atoms with E-state index in [1.54, 1.807) is 111 Å². The predicted octanol–water partition coefficient (Wildman–Crippen LogP) is 14.7. The lowest BCUT2D eigenvalue weighted by Gasteiger charge is -2.21. The number of nitrogens with zero attached hydrogens (tertiary/aromatic N) is 4. The fourth-order valence-electron chi connectivity index (χ4n) is 11.9. The molecule has 3 aliphatic rings. The van der Waals surface area contributed by atoms with Crippen LogP contribution >= 0.6 is 23.2 Å². The predicted molar refractivity (Wildman–Crippen MR) is 433 cm³/mol. The van der Waals surface area contributed by atoms with E-state index in [0.29, 0.717) is 91.6 Å². The number of aryl methyl sites for hydroxylation is 2. The van der Waals surface area contributed by atoms with Crippen molar-refractivity contribution in [2.45, 2.75) is 55.4 Å². The fourth-order valence-corrected chi connectivity index (χ4v) is 14.4. The van der Waals surface area contributed by atoms with E-state index in [2.05, 4.69) is 19.6 Å². The Morgan fingerprint density at radius 2 is 1.26 bits per heavy atom. The van der Waals surface area contributed by atoms with Crippen molar-refractivity contribution in [3.8, 4) is 28.7 Å². The monoisotopic (exact) mass is 1750 g/mol. The Morgan fingerprint density at radius 1 is 0.647 bits per heavy atom. The number of amides is 1. The Kier molecular flexibility index (Phi) is 27.5. The second-order valence-electron chi connectivity index (χ2n) is 26.8. The number of fused-ring (bicyclic) bond motifs is 1. The summed E-state index contributed by atoms with van der Waals surface area (Å²) in [4.78, 5) is 70.4. The number of carbonyl (C=O) groups is 4. The summed E-state index contributed by atoms with van der Waals surface area (Å²) in [6.07, 6.45) is 3.89. The minimum Gasteiger partial charge on any atom is -0.455 e. The number of H-pyrrole nitrogens is 1. The third kappa shape index (κ3) is 23.4. The fraction of sp³-hybridized carbons (Fsp3) is 0.148. The average Bonchev–Trinajstić information content (AvgIpc) is 1.64. The number of nitro groups is 1. The number of nitrogens with one attached hydrogen (secondary N) is 3. The number of aromatic amines is 1. The number of esters is 1. The number of cyclic esters (lactones) is 2. The van der Waals surface area contributed by atoms with Crippen molar-refractivity contribution in [2.75, 3.05) is 34.8 Å². The molecular weight excluding hydrogens is 1680 g/mol. The lowest BCUT2D eigenvalue weighted by Crippen LogP contribution is -2.22. The lowest BCUT2D eigenvalue weighted by molar-refractivity contribution is -0.384. The molecule has 9 aromatic carbocycles. The van der Waals surface area contributed by atoms with E-state index >= 15 is 0 Å². The van der Waals surface area contributed by atoms with E-state index in [4.69, 9.17) is 52.0 Å². The van der Waals surface area contributed by atoms with Crippen LogP contribution < -0.4 is 34.4 Å². The molecule has 0 fully saturated rings. The average molecular weight is 1750 g/mol. The first-order valence-corrected chi connectivity index (χ1v) is 42.8. The van der Waals surface area contributed by atoms with Gasteiger partial charge in [0, 0.05) is 95.0 Å². The van der Waals surface area contributed by atoms with Crippen molar-refractivity contribution in [3.63, 3.8) is 0 Å². The molecule has 0 saturated carbocycles. The number of aromatic nitrogens is 3. The molecule has 0 bridgehead atoms. The van der Waals surface area contributed by atoms with Gasteiger partial charge in [-0.05, 0) is 183 Å². The molecule has 0 spiro atoms. The van der Waals surface area contributed by atoms with Gasteiger partial charge in [-0.2, -0.15) is 9.89 Å². The van der Waals surface area contributed by atoms with Gasteiger partial charge in [0.2, 0.25) is 53.0 Å². The number of ether oxygens (including phenoxy) is 5. The van der Waals surface area contributed by atoms with Gasteiger partial charge in [-0.25, -0.2) is 66.3 Å². The number of anilines is 2. The smallest absolute Gasteiger partial charge is 0.455 e. The van der Waals surface area contributed by atoms with E-state index in [-0.39, 0.29) is 79.3 Å². The zero-order valence-corrected chi connectivity index (χ0v) is 68.2. The van der Waals surface area contributed by atoms with E-state index in [9.17, 15) is 85.3 Å². The number of nitro benzene ring substituents is 1. The molecule has 618 valence electrons. The zero-order valence-electron chi connectivity index (χ0n) is 63.5. The summed E-state index contributed by atoms with van der Waals surface area (Å²) in [6, 6.07) is 51.3. The Morgan fingerprint density at radius 3 is 1.85 bits per heavy atom. The molecule has 11 aromatic rings. The highest BCUT2D eigenvalue weighted by molar-refractivity contribution is 7.92. The van der Waals surface area contributed by atoms with Crippen molar-refractivity contribution in [2.24, 2.45) is 12.2 Å². The summed E-state index contributed by atoms with van der Waals surface area (Å²) in [5, 5.41) is 23.5. The molecule has 0 radical (unpaired) electrons. The Hall–Kier alpha value is -12.7. The van der Waals surface area contributed by atoms with Gasteiger partial charge in [-0.1, -0.05) is 58.1 Å². The summed E-state index contributed by atoms with van der Waals surface area (Å²) >= 11 is 11.7. The van der Waals surface area contributed by atoms with Crippen LogP contribution in [0.15, 0.2) is 233 Å². The number of nitrogens with two attached hydrogens (primary N) is 1. The number of rotatable bonds is 20. The van der Waals surface area contributed by atoms with Crippen LogP contribution in [0.1, 0.15) is 80.3 Å². The number of hydrogen-bond donors (Lipinski definition) is 4. The van der Waals surface area contributed by atoms with Gasteiger partial charge in [0.05, 0.1) is 61.6 Å². The molecule has 2 aliphatic heterocycles. The summed E-state index contributed by atoms with van der Waals surface area (Å²) < 4.78 is 180.